The summed E-state index contributed by atoms with van der Waals surface area (Å²) >= 11 is 0. The number of carbonyl (C=O) groups is 1. The van der Waals surface area contributed by atoms with Crippen molar-refractivity contribution in [3.63, 3.8) is 0 Å². The number of hydrogen-bond donors (Lipinski definition) is 1. The fraction of sp³-hybridized carbons (Fsp3) is 0.500. The Morgan fingerprint density at radius 2 is 1.96 bits per heavy atom. The second kappa shape index (κ2) is 6.31. The molecule has 0 bridgehead atoms. The Labute approximate surface area is 138 Å². The largest absolute Gasteiger partial charge is 0.347 e. The van der Waals surface area contributed by atoms with Crippen molar-refractivity contribution in [2.45, 2.75) is 58.4 Å². The Morgan fingerprint density at radius 1 is 1.22 bits per heavy atom. The summed E-state index contributed by atoms with van der Waals surface area (Å²) in [5.41, 5.74) is 2.58. The van der Waals surface area contributed by atoms with E-state index in [1.807, 2.05) is 31.2 Å². The number of benzene rings is 1. The molecule has 2 aromatic rings. The van der Waals surface area contributed by atoms with Crippen molar-refractivity contribution in [1.29, 1.82) is 0 Å². The highest BCUT2D eigenvalue weighted by atomic mass is 16.1. The van der Waals surface area contributed by atoms with Gasteiger partial charge in [0.25, 0.3) is 5.91 Å². The van der Waals surface area contributed by atoms with Crippen molar-refractivity contribution in [1.82, 2.24) is 10.3 Å². The molecule has 1 aromatic heterocycles. The van der Waals surface area contributed by atoms with Crippen molar-refractivity contribution in [2.75, 3.05) is 0 Å². The average molecular weight is 310 g/mol. The van der Waals surface area contributed by atoms with E-state index in [1.54, 1.807) is 6.20 Å². The van der Waals surface area contributed by atoms with Crippen LogP contribution in [0.15, 0.2) is 30.5 Å². The predicted molar refractivity (Wildman–Crippen MR) is 94.6 cm³/mol. The van der Waals surface area contributed by atoms with E-state index in [0.29, 0.717) is 11.5 Å². The molecule has 1 amide bonds. The number of fused-ring (bicyclic) bond motifs is 1. The van der Waals surface area contributed by atoms with Crippen LogP contribution in [-0.2, 0) is 0 Å². The normalized spacial score (nSPS) is 16.5. The first kappa shape index (κ1) is 16.0. The van der Waals surface area contributed by atoms with Gasteiger partial charge in [0, 0.05) is 17.1 Å². The summed E-state index contributed by atoms with van der Waals surface area (Å²) in [5.74, 6) is 0.548. The minimum Gasteiger partial charge on any atom is -0.347 e. The molecule has 3 nitrogen and oxygen atoms in total. The third kappa shape index (κ3) is 3.39. The van der Waals surface area contributed by atoms with Gasteiger partial charge >= 0.3 is 0 Å². The molecule has 3 heteroatoms. The van der Waals surface area contributed by atoms with Gasteiger partial charge in [0.1, 0.15) is 0 Å². The zero-order valence-electron chi connectivity index (χ0n) is 14.4. The maximum absolute atomic E-state index is 12.7. The quantitative estimate of drug-likeness (QED) is 0.898. The molecule has 1 aliphatic carbocycles. The van der Waals surface area contributed by atoms with Gasteiger partial charge in [0.15, 0.2) is 0 Å². The number of amides is 1. The summed E-state index contributed by atoms with van der Waals surface area (Å²) in [6.07, 6.45) is 8.00. The molecule has 0 atom stereocenters. The number of pyridine rings is 1. The molecular formula is C20H26N2O. The van der Waals surface area contributed by atoms with Gasteiger partial charge < -0.3 is 5.32 Å². The van der Waals surface area contributed by atoms with Crippen molar-refractivity contribution < 1.29 is 4.79 Å². The summed E-state index contributed by atoms with van der Waals surface area (Å²) in [4.78, 5) is 17.2. The maximum atomic E-state index is 12.7. The van der Waals surface area contributed by atoms with E-state index in [0.717, 1.165) is 16.5 Å². The van der Waals surface area contributed by atoms with Crippen LogP contribution >= 0.6 is 0 Å². The second-order valence-corrected chi connectivity index (χ2v) is 7.38. The van der Waals surface area contributed by atoms with Gasteiger partial charge in [-0.15, -0.1) is 0 Å². The lowest BCUT2D eigenvalue weighted by molar-refractivity contribution is 0.0858. The molecule has 0 radical (unpaired) electrons. The molecule has 0 spiro atoms. The number of aromatic nitrogens is 1. The Morgan fingerprint density at radius 3 is 2.70 bits per heavy atom. The van der Waals surface area contributed by atoms with Gasteiger partial charge in [0.05, 0.1) is 11.1 Å². The minimum absolute atomic E-state index is 0.0171. The highest BCUT2D eigenvalue weighted by Crippen LogP contribution is 2.32. The fourth-order valence-corrected chi connectivity index (χ4v) is 3.73. The summed E-state index contributed by atoms with van der Waals surface area (Å²) in [6.45, 7) is 6.35. The van der Waals surface area contributed by atoms with Gasteiger partial charge in [-0.25, -0.2) is 0 Å². The van der Waals surface area contributed by atoms with Crippen LogP contribution in [0.25, 0.3) is 10.9 Å². The van der Waals surface area contributed by atoms with Crippen LogP contribution in [0.2, 0.25) is 0 Å². The smallest absolute Gasteiger partial charge is 0.253 e. The lowest BCUT2D eigenvalue weighted by Crippen LogP contribution is -2.49. The first-order valence-corrected chi connectivity index (χ1v) is 8.65. The second-order valence-electron chi connectivity index (χ2n) is 7.38. The Balaban J connectivity index is 1.80. The molecule has 0 aliphatic heterocycles. The minimum atomic E-state index is -0.168. The van der Waals surface area contributed by atoms with E-state index in [-0.39, 0.29) is 11.4 Å². The zero-order chi connectivity index (χ0) is 16.4. The highest BCUT2D eigenvalue weighted by molar-refractivity contribution is 5.98. The number of aryl methyl sites for hydroxylation is 1. The number of nitrogens with zero attached hydrogens (tertiary/aromatic N) is 1. The van der Waals surface area contributed by atoms with E-state index in [4.69, 9.17) is 0 Å². The molecule has 0 saturated heterocycles. The lowest BCUT2D eigenvalue weighted by Gasteiger charge is -2.37. The van der Waals surface area contributed by atoms with Gasteiger partial charge in [-0.05, 0) is 51.2 Å². The van der Waals surface area contributed by atoms with Crippen LogP contribution in [0, 0.1) is 12.8 Å². The van der Waals surface area contributed by atoms with E-state index in [2.05, 4.69) is 24.1 Å². The van der Waals surface area contributed by atoms with Crippen molar-refractivity contribution >= 4 is 16.8 Å². The third-order valence-electron chi connectivity index (χ3n) is 5.24. The monoisotopic (exact) mass is 310 g/mol. The lowest BCUT2D eigenvalue weighted by atomic mass is 9.76. The number of rotatable bonds is 3. The molecular weight excluding hydrogens is 284 g/mol. The van der Waals surface area contributed by atoms with Crippen molar-refractivity contribution in [3.8, 4) is 0 Å². The molecule has 1 heterocycles. The zero-order valence-corrected chi connectivity index (χ0v) is 14.4. The molecule has 122 valence electrons. The fourth-order valence-electron chi connectivity index (χ4n) is 3.73. The first-order chi connectivity index (χ1) is 11.0. The van der Waals surface area contributed by atoms with Crippen LogP contribution in [0.1, 0.15) is 61.9 Å². The molecule has 1 N–H and O–H groups in total. The topological polar surface area (TPSA) is 42.0 Å². The average Bonchev–Trinajstić information content (AvgIpc) is 2.55. The first-order valence-electron chi connectivity index (χ1n) is 8.65. The number of para-hydroxylation sites is 1. The van der Waals surface area contributed by atoms with Gasteiger partial charge in [-0.1, -0.05) is 37.5 Å². The van der Waals surface area contributed by atoms with Crippen LogP contribution in [0.5, 0.6) is 0 Å². The Kier molecular flexibility index (Phi) is 4.38. The molecule has 3 rings (SSSR count). The maximum Gasteiger partial charge on any atom is 0.253 e. The Bertz CT molecular complexity index is 715. The number of hydrogen-bond acceptors (Lipinski definition) is 2. The van der Waals surface area contributed by atoms with E-state index >= 15 is 0 Å². The summed E-state index contributed by atoms with van der Waals surface area (Å²) in [5, 5.41) is 4.26. The van der Waals surface area contributed by atoms with Crippen LogP contribution in [0.3, 0.4) is 0 Å². The van der Waals surface area contributed by atoms with E-state index in [1.165, 1.54) is 32.1 Å². The predicted octanol–water partition coefficient (Wildman–Crippen LogP) is 4.63. The third-order valence-corrected chi connectivity index (χ3v) is 5.24. The molecule has 1 fully saturated rings. The molecule has 1 aromatic carbocycles. The Hall–Kier alpha value is -1.90. The summed E-state index contributed by atoms with van der Waals surface area (Å²) < 4.78 is 0. The highest BCUT2D eigenvalue weighted by Gasteiger charge is 2.32. The van der Waals surface area contributed by atoms with Crippen molar-refractivity contribution in [2.24, 2.45) is 5.92 Å². The summed E-state index contributed by atoms with van der Waals surface area (Å²) in [7, 11) is 0. The molecule has 1 saturated carbocycles. The van der Waals surface area contributed by atoms with E-state index in [9.17, 15) is 4.79 Å². The molecule has 1 aliphatic rings. The van der Waals surface area contributed by atoms with Gasteiger partial charge in [-0.3, -0.25) is 9.78 Å². The van der Waals surface area contributed by atoms with Gasteiger partial charge in [0.2, 0.25) is 0 Å². The van der Waals surface area contributed by atoms with Crippen LogP contribution in [0.4, 0.5) is 0 Å². The van der Waals surface area contributed by atoms with Crippen molar-refractivity contribution in [3.05, 3.63) is 41.6 Å². The SMILES string of the molecule is Cc1cccc2cc(C(=O)NC(C)(C)C3CCCCC3)cnc12. The van der Waals surface area contributed by atoms with E-state index < -0.39 is 0 Å². The summed E-state index contributed by atoms with van der Waals surface area (Å²) in [6, 6.07) is 8.01. The standard InChI is InChI=1S/C20H26N2O/c1-14-8-7-9-15-12-16(13-21-18(14)15)19(23)22-20(2,3)17-10-5-4-6-11-17/h7-9,12-13,17H,4-6,10-11H2,1-3H3,(H,22,23). The van der Waals surface area contributed by atoms with Crippen LogP contribution in [-0.4, -0.2) is 16.4 Å². The molecule has 0 unspecified atom stereocenters. The molecule has 23 heavy (non-hydrogen) atoms. The van der Waals surface area contributed by atoms with Gasteiger partial charge in [-0.2, -0.15) is 0 Å². The number of carbonyl (C=O) groups excluding carboxylic acids is 1. The number of nitrogens with one attached hydrogen (secondary N) is 1. The van der Waals surface area contributed by atoms with Crippen LogP contribution < -0.4 is 5.32 Å².